The molecule has 0 saturated carbocycles. The Morgan fingerprint density at radius 1 is 0.950 bits per heavy atom. The van der Waals surface area contributed by atoms with E-state index in [0.717, 1.165) is 0 Å². The minimum atomic E-state index is -6.37. The summed E-state index contributed by atoms with van der Waals surface area (Å²) in [4.78, 5) is 0. The Labute approximate surface area is 119 Å². The Hall–Kier alpha value is -0.830. The molecule has 0 aromatic heterocycles. The maximum Gasteiger partial charge on any atom is 0.460 e. The molecule has 9 heteroatoms. The zero-order chi connectivity index (χ0) is 15.6. The van der Waals surface area contributed by atoms with Gasteiger partial charge in [-0.3, -0.25) is 0 Å². The second-order valence-corrected chi connectivity index (χ2v) is 5.36. The molecular formula is C11H7F7S2. The van der Waals surface area contributed by atoms with Crippen molar-refractivity contribution in [2.24, 2.45) is 0 Å². The molecule has 0 radical (unpaired) electrons. The Morgan fingerprint density at radius 3 is 1.90 bits per heavy atom. The Morgan fingerprint density at radius 2 is 1.45 bits per heavy atom. The highest BCUT2D eigenvalue weighted by Gasteiger charge is 2.74. The fraction of sp³-hybridized carbons (Fsp3) is 0.364. The van der Waals surface area contributed by atoms with Gasteiger partial charge in [-0.1, -0.05) is 42.5 Å². The third-order valence-corrected chi connectivity index (χ3v) is 3.83. The first kappa shape index (κ1) is 17.2. The highest BCUT2D eigenvalue weighted by atomic mass is 32.2. The van der Waals surface area contributed by atoms with E-state index < -0.39 is 22.2 Å². The average Bonchev–Trinajstić information content (AvgIpc) is 2.35. The lowest BCUT2D eigenvalue weighted by atomic mass is 10.2. The van der Waals surface area contributed by atoms with Crippen molar-refractivity contribution in [1.29, 1.82) is 0 Å². The summed E-state index contributed by atoms with van der Waals surface area (Å²) in [6.07, 6.45) is -6.37. The lowest BCUT2D eigenvalue weighted by Crippen LogP contribution is -2.54. The van der Waals surface area contributed by atoms with Gasteiger partial charge in [-0.05, 0) is 5.56 Å². The molecule has 0 fully saturated rings. The monoisotopic (exact) mass is 336 g/mol. The van der Waals surface area contributed by atoms with Gasteiger partial charge in [0, 0.05) is 5.75 Å². The van der Waals surface area contributed by atoms with Crippen molar-refractivity contribution in [3.63, 3.8) is 0 Å². The SMILES string of the molecule is FC(F)(F)C(F)(F)C(F)(F)C(=S)SCc1ccccc1. The maximum atomic E-state index is 13.2. The minimum absolute atomic E-state index is 0.0809. The van der Waals surface area contributed by atoms with Crippen molar-refractivity contribution in [2.75, 3.05) is 0 Å². The molecule has 0 saturated heterocycles. The van der Waals surface area contributed by atoms with Gasteiger partial charge >= 0.3 is 18.0 Å². The summed E-state index contributed by atoms with van der Waals surface area (Å²) in [6, 6.07) is 7.80. The molecule has 20 heavy (non-hydrogen) atoms. The van der Waals surface area contributed by atoms with Crippen molar-refractivity contribution >= 4 is 28.2 Å². The molecule has 1 aromatic rings. The van der Waals surface area contributed by atoms with E-state index in [1.807, 2.05) is 0 Å². The largest absolute Gasteiger partial charge is 0.460 e. The van der Waals surface area contributed by atoms with E-state index in [-0.39, 0.29) is 17.5 Å². The third kappa shape index (κ3) is 3.43. The molecular weight excluding hydrogens is 329 g/mol. The van der Waals surface area contributed by atoms with Gasteiger partial charge in [0.2, 0.25) is 0 Å². The molecule has 0 unspecified atom stereocenters. The van der Waals surface area contributed by atoms with Crippen LogP contribution in [0.4, 0.5) is 30.7 Å². The van der Waals surface area contributed by atoms with Crippen LogP contribution >= 0.6 is 24.0 Å². The summed E-state index contributed by atoms with van der Waals surface area (Å²) in [5.74, 6) is -11.9. The van der Waals surface area contributed by atoms with E-state index in [1.165, 1.54) is 12.1 Å². The zero-order valence-corrected chi connectivity index (χ0v) is 11.2. The fourth-order valence-electron chi connectivity index (χ4n) is 1.12. The normalized spacial score (nSPS) is 13.3. The molecule has 0 spiro atoms. The van der Waals surface area contributed by atoms with E-state index in [9.17, 15) is 30.7 Å². The van der Waals surface area contributed by atoms with E-state index in [4.69, 9.17) is 0 Å². The number of halogens is 7. The van der Waals surface area contributed by atoms with Crippen molar-refractivity contribution in [2.45, 2.75) is 23.8 Å². The predicted octanol–water partition coefficient (Wildman–Crippen LogP) is 5.08. The Kier molecular flexibility index (Phi) is 5.07. The minimum Gasteiger partial charge on any atom is -0.192 e. The van der Waals surface area contributed by atoms with Crippen LogP contribution in [0.25, 0.3) is 0 Å². The molecule has 0 heterocycles. The van der Waals surface area contributed by atoms with Crippen LogP contribution in [0.15, 0.2) is 30.3 Å². The summed E-state index contributed by atoms with van der Waals surface area (Å²) in [5.41, 5.74) is 0.478. The van der Waals surface area contributed by atoms with Gasteiger partial charge in [-0.25, -0.2) is 0 Å². The molecule has 0 N–H and O–H groups in total. The van der Waals surface area contributed by atoms with Crippen LogP contribution in [-0.2, 0) is 5.75 Å². The molecule has 0 aliphatic rings. The average molecular weight is 336 g/mol. The summed E-state index contributed by atoms with van der Waals surface area (Å²) in [6.45, 7) is 0. The summed E-state index contributed by atoms with van der Waals surface area (Å²) >= 11 is 4.12. The van der Waals surface area contributed by atoms with Crippen molar-refractivity contribution in [3.8, 4) is 0 Å². The number of hydrogen-bond donors (Lipinski definition) is 0. The highest BCUT2D eigenvalue weighted by molar-refractivity contribution is 8.22. The number of alkyl halides is 7. The number of hydrogen-bond acceptors (Lipinski definition) is 2. The number of thioether (sulfide) groups is 1. The number of rotatable bonds is 4. The quantitative estimate of drug-likeness (QED) is 0.555. The molecule has 0 aliphatic heterocycles. The second-order valence-electron chi connectivity index (χ2n) is 3.71. The Bertz CT molecular complexity index is 467. The molecule has 0 bridgehead atoms. The summed E-state index contributed by atoms with van der Waals surface area (Å²) in [5, 5.41) is 0. The number of benzene rings is 1. The van der Waals surface area contributed by atoms with Gasteiger partial charge in [0.05, 0.1) is 0 Å². The van der Waals surface area contributed by atoms with E-state index in [1.54, 1.807) is 18.2 Å². The van der Waals surface area contributed by atoms with E-state index in [0.29, 0.717) is 5.56 Å². The molecule has 112 valence electrons. The molecule has 0 amide bonds. The standard InChI is InChI=1S/C11H7F7S2/c12-9(13,10(14,15)11(16,17)18)8(19)20-6-7-4-2-1-3-5-7/h1-5H,6H2. The molecule has 0 atom stereocenters. The van der Waals surface area contributed by atoms with Gasteiger partial charge in [0.15, 0.2) is 0 Å². The topological polar surface area (TPSA) is 0 Å². The summed E-state index contributed by atoms with van der Waals surface area (Å²) < 4.78 is 85.9. The van der Waals surface area contributed by atoms with Crippen LogP contribution < -0.4 is 0 Å². The van der Waals surface area contributed by atoms with Gasteiger partial charge in [0.25, 0.3) is 0 Å². The van der Waals surface area contributed by atoms with Gasteiger partial charge in [-0.15, -0.1) is 11.8 Å². The lowest BCUT2D eigenvalue weighted by Gasteiger charge is -2.28. The first-order valence-corrected chi connectivity index (χ1v) is 6.43. The van der Waals surface area contributed by atoms with Crippen LogP contribution in [0.5, 0.6) is 0 Å². The van der Waals surface area contributed by atoms with E-state index >= 15 is 0 Å². The second kappa shape index (κ2) is 5.88. The first-order valence-electron chi connectivity index (χ1n) is 5.03. The zero-order valence-electron chi connectivity index (χ0n) is 9.56. The Balaban J connectivity index is 2.80. The number of thiocarbonyl (C=S) groups is 1. The van der Waals surface area contributed by atoms with Crippen LogP contribution in [0, 0.1) is 0 Å². The third-order valence-electron chi connectivity index (χ3n) is 2.22. The maximum absolute atomic E-state index is 13.2. The first-order chi connectivity index (χ1) is 9.00. The molecule has 1 aromatic carbocycles. The van der Waals surface area contributed by atoms with Crippen molar-refractivity contribution in [1.82, 2.24) is 0 Å². The van der Waals surface area contributed by atoms with Gasteiger partial charge < -0.3 is 0 Å². The fourth-order valence-corrected chi connectivity index (χ4v) is 2.22. The molecule has 1 rings (SSSR count). The van der Waals surface area contributed by atoms with Crippen LogP contribution in [-0.4, -0.2) is 22.2 Å². The van der Waals surface area contributed by atoms with Crippen molar-refractivity contribution < 1.29 is 30.7 Å². The highest BCUT2D eigenvalue weighted by Crippen LogP contribution is 2.48. The lowest BCUT2D eigenvalue weighted by molar-refractivity contribution is -0.335. The van der Waals surface area contributed by atoms with E-state index in [2.05, 4.69) is 12.2 Å². The van der Waals surface area contributed by atoms with Gasteiger partial charge in [0.1, 0.15) is 4.20 Å². The predicted molar refractivity (Wildman–Crippen MR) is 66.3 cm³/mol. The van der Waals surface area contributed by atoms with Crippen LogP contribution in [0.1, 0.15) is 5.56 Å². The molecule has 0 nitrogen and oxygen atoms in total. The van der Waals surface area contributed by atoms with Gasteiger partial charge in [-0.2, -0.15) is 30.7 Å². The van der Waals surface area contributed by atoms with Crippen LogP contribution in [0.3, 0.4) is 0 Å². The van der Waals surface area contributed by atoms with Crippen LogP contribution in [0.2, 0.25) is 0 Å². The van der Waals surface area contributed by atoms with Crippen molar-refractivity contribution in [3.05, 3.63) is 35.9 Å². The smallest absolute Gasteiger partial charge is 0.192 e. The molecule has 0 aliphatic carbocycles. The summed E-state index contributed by atoms with van der Waals surface area (Å²) in [7, 11) is 0.